The van der Waals surface area contributed by atoms with Crippen molar-refractivity contribution in [1.29, 1.82) is 0 Å². The molecule has 1 aromatic carbocycles. The van der Waals surface area contributed by atoms with Crippen molar-refractivity contribution < 1.29 is 19.4 Å². The molecule has 3 unspecified atom stereocenters. The lowest BCUT2D eigenvalue weighted by Crippen LogP contribution is -2.46. The van der Waals surface area contributed by atoms with Crippen LogP contribution >= 0.6 is 0 Å². The van der Waals surface area contributed by atoms with E-state index in [1.807, 2.05) is 11.9 Å². The predicted molar refractivity (Wildman–Crippen MR) is 75.4 cm³/mol. The first-order valence-electron chi connectivity index (χ1n) is 6.85. The summed E-state index contributed by atoms with van der Waals surface area (Å²) in [5.74, 6) is -2.05. The molecule has 0 saturated carbocycles. The van der Waals surface area contributed by atoms with Gasteiger partial charge in [0.15, 0.2) is 0 Å². The van der Waals surface area contributed by atoms with Crippen molar-refractivity contribution in [2.75, 3.05) is 13.6 Å². The Morgan fingerprint density at radius 1 is 1.48 bits per heavy atom. The minimum Gasteiger partial charge on any atom is -0.481 e. The van der Waals surface area contributed by atoms with Gasteiger partial charge in [0.2, 0.25) is 0 Å². The van der Waals surface area contributed by atoms with E-state index in [-0.39, 0.29) is 18.4 Å². The summed E-state index contributed by atoms with van der Waals surface area (Å²) in [6, 6.07) is 4.45. The van der Waals surface area contributed by atoms with Gasteiger partial charge in [-0.1, -0.05) is 0 Å². The topological polar surface area (TPSA) is 76.6 Å². The number of nitrogens with one attached hydrogen (secondary N) is 1. The molecule has 1 aliphatic heterocycles. The molecule has 3 N–H and O–H groups in total. The fourth-order valence-corrected chi connectivity index (χ4v) is 3.14. The van der Waals surface area contributed by atoms with Crippen molar-refractivity contribution in [2.45, 2.75) is 18.6 Å². The minimum absolute atomic E-state index is 0.0881. The van der Waals surface area contributed by atoms with Crippen LogP contribution in [-0.2, 0) is 4.79 Å². The first-order chi connectivity index (χ1) is 9.97. The number of nitrogens with zero attached hydrogens (tertiary/aromatic N) is 1. The van der Waals surface area contributed by atoms with Gasteiger partial charge in [-0.25, -0.2) is 4.39 Å². The maximum absolute atomic E-state index is 13.2. The van der Waals surface area contributed by atoms with Crippen LogP contribution in [0, 0.1) is 11.7 Å². The molecule has 2 heterocycles. The highest BCUT2D eigenvalue weighted by Crippen LogP contribution is 2.36. The van der Waals surface area contributed by atoms with E-state index in [1.165, 1.54) is 12.1 Å². The monoisotopic (exact) mass is 292 g/mol. The lowest BCUT2D eigenvalue weighted by atomic mass is 9.87. The summed E-state index contributed by atoms with van der Waals surface area (Å²) in [6.45, 7) is 0.287. The summed E-state index contributed by atoms with van der Waals surface area (Å²) in [6.07, 6.45) is 1.27. The molecule has 1 aromatic heterocycles. The number of halogens is 1. The molecule has 5 nitrogen and oxygen atoms in total. The number of likely N-dealkylation sites (tertiary alicyclic amines) is 1. The lowest BCUT2D eigenvalue weighted by molar-refractivity contribution is -0.150. The Morgan fingerprint density at radius 3 is 2.95 bits per heavy atom. The summed E-state index contributed by atoms with van der Waals surface area (Å²) in [4.78, 5) is 16.1. The number of aliphatic hydroxyl groups is 1. The van der Waals surface area contributed by atoms with Crippen LogP contribution in [0.25, 0.3) is 10.9 Å². The van der Waals surface area contributed by atoms with Gasteiger partial charge in [0.05, 0.1) is 12.0 Å². The van der Waals surface area contributed by atoms with Crippen LogP contribution < -0.4 is 0 Å². The van der Waals surface area contributed by atoms with Crippen molar-refractivity contribution in [3.8, 4) is 0 Å². The molecule has 0 aliphatic carbocycles. The highest BCUT2D eigenvalue weighted by molar-refractivity contribution is 5.83. The molecule has 0 spiro atoms. The predicted octanol–water partition coefficient (Wildman–Crippen LogP) is 1.75. The summed E-state index contributed by atoms with van der Waals surface area (Å²) in [7, 11) is 1.84. The van der Waals surface area contributed by atoms with Crippen LogP contribution in [0.15, 0.2) is 24.4 Å². The van der Waals surface area contributed by atoms with E-state index in [4.69, 9.17) is 5.11 Å². The van der Waals surface area contributed by atoms with E-state index in [2.05, 4.69) is 4.98 Å². The molecule has 3 rings (SSSR count). The van der Waals surface area contributed by atoms with Crippen molar-refractivity contribution in [1.82, 2.24) is 9.88 Å². The Morgan fingerprint density at radius 2 is 2.24 bits per heavy atom. The molecule has 3 atom stereocenters. The number of aliphatic hydroxyl groups excluding tert-OH is 1. The van der Waals surface area contributed by atoms with Crippen LogP contribution in [0.3, 0.4) is 0 Å². The van der Waals surface area contributed by atoms with Gasteiger partial charge in [-0.3, -0.25) is 9.69 Å². The number of hydrogen-bond donors (Lipinski definition) is 3. The van der Waals surface area contributed by atoms with Crippen molar-refractivity contribution in [3.63, 3.8) is 0 Å². The molecule has 1 saturated heterocycles. The highest BCUT2D eigenvalue weighted by Gasteiger charge is 2.38. The van der Waals surface area contributed by atoms with Crippen LogP contribution in [-0.4, -0.2) is 45.8 Å². The molecule has 1 fully saturated rings. The fourth-order valence-electron chi connectivity index (χ4n) is 3.14. The number of aromatic amines is 1. The number of aromatic nitrogens is 1. The number of rotatable bonds is 2. The molecule has 112 valence electrons. The molecule has 2 aromatic rings. The number of aliphatic carboxylic acids is 1. The van der Waals surface area contributed by atoms with E-state index in [1.54, 1.807) is 12.3 Å². The Bertz CT molecular complexity index is 685. The SMILES string of the molecule is CN1CC(C(=O)O)C(O)CC1c1c[nH]c2cc(F)ccc12. The van der Waals surface area contributed by atoms with Crippen molar-refractivity contribution >= 4 is 16.9 Å². The normalized spacial score (nSPS) is 27.1. The maximum atomic E-state index is 13.2. The Labute approximate surface area is 121 Å². The van der Waals surface area contributed by atoms with Gasteiger partial charge in [-0.15, -0.1) is 0 Å². The summed E-state index contributed by atoms with van der Waals surface area (Å²) in [5, 5.41) is 20.1. The van der Waals surface area contributed by atoms with Gasteiger partial charge in [0.1, 0.15) is 5.82 Å². The van der Waals surface area contributed by atoms with Crippen LogP contribution in [0.4, 0.5) is 4.39 Å². The number of carboxylic acid groups (broad SMARTS) is 1. The number of fused-ring (bicyclic) bond motifs is 1. The first kappa shape index (κ1) is 14.0. The van der Waals surface area contributed by atoms with Gasteiger partial charge in [0.25, 0.3) is 0 Å². The lowest BCUT2D eigenvalue weighted by Gasteiger charge is -2.38. The molecular weight excluding hydrogens is 275 g/mol. The Kier molecular flexibility index (Phi) is 3.43. The fraction of sp³-hybridized carbons (Fsp3) is 0.400. The number of hydrogen-bond acceptors (Lipinski definition) is 3. The number of piperidine rings is 1. The van der Waals surface area contributed by atoms with E-state index in [0.29, 0.717) is 11.9 Å². The third kappa shape index (κ3) is 2.41. The molecule has 0 amide bonds. The smallest absolute Gasteiger partial charge is 0.310 e. The Balaban J connectivity index is 1.94. The van der Waals surface area contributed by atoms with Gasteiger partial charge < -0.3 is 15.2 Å². The zero-order valence-electron chi connectivity index (χ0n) is 11.6. The molecule has 1 aliphatic rings. The number of H-pyrrole nitrogens is 1. The zero-order valence-corrected chi connectivity index (χ0v) is 11.6. The molecular formula is C15H17FN2O3. The molecule has 0 radical (unpaired) electrons. The number of benzene rings is 1. The standard InChI is InChI=1S/C15H17FN2O3/c1-18-7-11(15(20)21)14(19)5-13(18)10-6-17-12-4-8(16)2-3-9(10)12/h2-4,6,11,13-14,17,19H,5,7H2,1H3,(H,20,21). The van der Waals surface area contributed by atoms with E-state index in [0.717, 1.165) is 10.9 Å². The number of carboxylic acids is 1. The second-order valence-corrected chi connectivity index (χ2v) is 5.64. The highest BCUT2D eigenvalue weighted by atomic mass is 19.1. The second-order valence-electron chi connectivity index (χ2n) is 5.64. The average molecular weight is 292 g/mol. The first-order valence-corrected chi connectivity index (χ1v) is 6.85. The second kappa shape index (κ2) is 5.13. The molecule has 21 heavy (non-hydrogen) atoms. The summed E-state index contributed by atoms with van der Waals surface area (Å²) >= 11 is 0. The van der Waals surface area contributed by atoms with E-state index in [9.17, 15) is 14.3 Å². The van der Waals surface area contributed by atoms with Crippen molar-refractivity contribution in [3.05, 3.63) is 35.8 Å². The summed E-state index contributed by atoms with van der Waals surface area (Å²) < 4.78 is 13.2. The van der Waals surface area contributed by atoms with Gasteiger partial charge in [0, 0.05) is 29.7 Å². The van der Waals surface area contributed by atoms with Gasteiger partial charge >= 0.3 is 5.97 Å². The van der Waals surface area contributed by atoms with Gasteiger partial charge in [-0.2, -0.15) is 0 Å². The molecule has 6 heteroatoms. The average Bonchev–Trinajstić information content (AvgIpc) is 2.83. The van der Waals surface area contributed by atoms with E-state index < -0.39 is 18.0 Å². The largest absolute Gasteiger partial charge is 0.481 e. The summed E-state index contributed by atoms with van der Waals surface area (Å²) in [5.41, 5.74) is 1.66. The number of carbonyl (C=O) groups is 1. The maximum Gasteiger partial charge on any atom is 0.310 e. The van der Waals surface area contributed by atoms with Gasteiger partial charge in [-0.05, 0) is 37.2 Å². The quantitative estimate of drug-likeness (QED) is 0.788. The Hall–Kier alpha value is -1.92. The van der Waals surface area contributed by atoms with Crippen LogP contribution in [0.5, 0.6) is 0 Å². The molecule has 0 bridgehead atoms. The van der Waals surface area contributed by atoms with Crippen molar-refractivity contribution in [2.24, 2.45) is 5.92 Å². The van der Waals surface area contributed by atoms with E-state index >= 15 is 0 Å². The van der Waals surface area contributed by atoms with Crippen LogP contribution in [0.1, 0.15) is 18.0 Å². The third-order valence-electron chi connectivity index (χ3n) is 4.30. The minimum atomic E-state index is -0.978. The third-order valence-corrected chi connectivity index (χ3v) is 4.30. The van der Waals surface area contributed by atoms with Crippen LogP contribution in [0.2, 0.25) is 0 Å². The zero-order chi connectivity index (χ0) is 15.1.